The van der Waals surface area contributed by atoms with Crippen molar-refractivity contribution in [1.82, 2.24) is 20.3 Å². The number of amides is 1. The number of rotatable bonds is 6. The van der Waals surface area contributed by atoms with Gasteiger partial charge in [-0.3, -0.25) is 4.79 Å². The molecule has 0 fully saturated rings. The van der Waals surface area contributed by atoms with Gasteiger partial charge < -0.3 is 19.7 Å². The fourth-order valence-corrected chi connectivity index (χ4v) is 3.65. The minimum atomic E-state index is -0.348. The van der Waals surface area contributed by atoms with Gasteiger partial charge >= 0.3 is 0 Å². The van der Waals surface area contributed by atoms with E-state index >= 15 is 0 Å². The second-order valence-electron chi connectivity index (χ2n) is 7.12. The minimum absolute atomic E-state index is 0.272. The number of aromatic nitrogens is 3. The second-order valence-corrected chi connectivity index (χ2v) is 7.12. The van der Waals surface area contributed by atoms with Gasteiger partial charge in [0.2, 0.25) is 0 Å². The van der Waals surface area contributed by atoms with E-state index < -0.39 is 0 Å². The van der Waals surface area contributed by atoms with Gasteiger partial charge in [-0.15, -0.1) is 0 Å². The molecule has 3 aromatic heterocycles. The third-order valence-electron chi connectivity index (χ3n) is 5.16. The van der Waals surface area contributed by atoms with E-state index in [9.17, 15) is 4.79 Å². The molecular weight excluding hydrogens is 376 g/mol. The maximum absolute atomic E-state index is 12.7. The maximum Gasteiger partial charge on any atom is 0.287 e. The van der Waals surface area contributed by atoms with Crippen LogP contribution in [-0.4, -0.2) is 20.9 Å². The average molecular weight is 396 g/mol. The van der Waals surface area contributed by atoms with Crippen molar-refractivity contribution in [2.24, 2.45) is 0 Å². The zero-order valence-corrected chi connectivity index (χ0v) is 16.1. The number of fused-ring (bicyclic) bond motifs is 1. The standard InChI is InChI=1S/C24H20N4O2/c29-24(22-11-6-12-30-22)28-20(13-17-14-25-19-10-5-4-9-18(17)19)23-26-15-21(27-23)16-7-2-1-3-8-16/h1-12,14-15,20,25H,13H2,(H,26,27)(H,28,29)/t20-/m0/s1. The summed E-state index contributed by atoms with van der Waals surface area (Å²) in [5.41, 5.74) is 4.11. The molecule has 0 aliphatic heterocycles. The number of H-pyrrole nitrogens is 2. The monoisotopic (exact) mass is 396 g/mol. The molecule has 0 saturated carbocycles. The van der Waals surface area contributed by atoms with Crippen molar-refractivity contribution in [1.29, 1.82) is 0 Å². The summed E-state index contributed by atoms with van der Waals surface area (Å²) in [5.74, 6) is 0.690. The van der Waals surface area contributed by atoms with E-state index in [1.807, 2.05) is 54.7 Å². The molecule has 3 heterocycles. The highest BCUT2D eigenvalue weighted by Crippen LogP contribution is 2.25. The summed E-state index contributed by atoms with van der Waals surface area (Å²) in [4.78, 5) is 23.9. The number of imidazole rings is 1. The summed E-state index contributed by atoms with van der Waals surface area (Å²) >= 11 is 0. The average Bonchev–Trinajstić information content (AvgIpc) is 3.55. The van der Waals surface area contributed by atoms with Crippen molar-refractivity contribution in [2.75, 3.05) is 0 Å². The van der Waals surface area contributed by atoms with Gasteiger partial charge in [0, 0.05) is 23.5 Å². The predicted molar refractivity (Wildman–Crippen MR) is 115 cm³/mol. The summed E-state index contributed by atoms with van der Waals surface area (Å²) in [6.45, 7) is 0. The normalized spacial score (nSPS) is 12.1. The molecule has 30 heavy (non-hydrogen) atoms. The first kappa shape index (κ1) is 18.0. The van der Waals surface area contributed by atoms with Gasteiger partial charge in [0.25, 0.3) is 5.91 Å². The van der Waals surface area contributed by atoms with Crippen LogP contribution in [0.5, 0.6) is 0 Å². The van der Waals surface area contributed by atoms with Gasteiger partial charge in [0.15, 0.2) is 5.76 Å². The van der Waals surface area contributed by atoms with Crippen molar-refractivity contribution >= 4 is 16.8 Å². The van der Waals surface area contributed by atoms with E-state index in [0.29, 0.717) is 12.2 Å². The SMILES string of the molecule is O=C(N[C@@H](Cc1c[nH]c2ccccc12)c1ncc(-c2ccccc2)[nH]1)c1ccco1. The van der Waals surface area contributed by atoms with E-state index in [1.54, 1.807) is 18.3 Å². The Morgan fingerprint density at radius 3 is 2.70 bits per heavy atom. The molecule has 0 saturated heterocycles. The van der Waals surface area contributed by atoms with Crippen LogP contribution in [0.1, 0.15) is 28.0 Å². The van der Waals surface area contributed by atoms with Crippen LogP contribution in [0.15, 0.2) is 89.8 Å². The number of carbonyl (C=O) groups is 1. The van der Waals surface area contributed by atoms with Crippen molar-refractivity contribution in [2.45, 2.75) is 12.5 Å². The van der Waals surface area contributed by atoms with Gasteiger partial charge in [-0.1, -0.05) is 48.5 Å². The lowest BCUT2D eigenvalue weighted by molar-refractivity contribution is 0.0907. The number of para-hydroxylation sites is 1. The van der Waals surface area contributed by atoms with E-state index in [2.05, 4.69) is 26.3 Å². The van der Waals surface area contributed by atoms with E-state index in [1.165, 1.54) is 6.26 Å². The molecule has 2 aromatic carbocycles. The van der Waals surface area contributed by atoms with Crippen molar-refractivity contribution < 1.29 is 9.21 Å². The third kappa shape index (κ3) is 3.51. The summed E-state index contributed by atoms with van der Waals surface area (Å²) in [6, 6.07) is 21.1. The van der Waals surface area contributed by atoms with Crippen LogP contribution >= 0.6 is 0 Å². The van der Waals surface area contributed by atoms with E-state index in [-0.39, 0.29) is 17.7 Å². The number of hydrogen-bond acceptors (Lipinski definition) is 3. The lowest BCUT2D eigenvalue weighted by Gasteiger charge is -2.16. The van der Waals surface area contributed by atoms with Crippen molar-refractivity contribution in [3.8, 4) is 11.3 Å². The summed E-state index contributed by atoms with van der Waals surface area (Å²) in [7, 11) is 0. The molecule has 0 radical (unpaired) electrons. The van der Waals surface area contributed by atoms with Gasteiger partial charge in [0.1, 0.15) is 5.82 Å². The molecule has 0 aliphatic rings. The Balaban J connectivity index is 1.48. The van der Waals surface area contributed by atoms with Gasteiger partial charge in [-0.2, -0.15) is 0 Å². The van der Waals surface area contributed by atoms with E-state index in [0.717, 1.165) is 27.7 Å². The number of furan rings is 1. The fourth-order valence-electron chi connectivity index (χ4n) is 3.65. The molecule has 1 amide bonds. The lowest BCUT2D eigenvalue weighted by atomic mass is 10.0. The van der Waals surface area contributed by atoms with Crippen LogP contribution in [0.2, 0.25) is 0 Å². The first-order chi connectivity index (χ1) is 14.8. The number of hydrogen-bond donors (Lipinski definition) is 3. The number of nitrogens with zero attached hydrogens (tertiary/aromatic N) is 1. The number of aromatic amines is 2. The molecule has 5 rings (SSSR count). The molecule has 0 bridgehead atoms. The molecule has 1 atom stereocenters. The Labute approximate surface area is 173 Å². The highest BCUT2D eigenvalue weighted by molar-refractivity contribution is 5.91. The fraction of sp³-hybridized carbons (Fsp3) is 0.0833. The van der Waals surface area contributed by atoms with Crippen molar-refractivity contribution in [3.05, 3.63) is 103 Å². The molecule has 0 spiro atoms. The van der Waals surface area contributed by atoms with Gasteiger partial charge in [-0.05, 0) is 29.3 Å². The van der Waals surface area contributed by atoms with Crippen molar-refractivity contribution in [3.63, 3.8) is 0 Å². The number of carbonyl (C=O) groups excluding carboxylic acids is 1. The quantitative estimate of drug-likeness (QED) is 0.383. The van der Waals surface area contributed by atoms with Gasteiger partial charge in [-0.25, -0.2) is 4.98 Å². The highest BCUT2D eigenvalue weighted by atomic mass is 16.3. The van der Waals surface area contributed by atoms with Gasteiger partial charge in [0.05, 0.1) is 24.2 Å². The maximum atomic E-state index is 12.7. The molecule has 6 heteroatoms. The van der Waals surface area contributed by atoms with Crippen LogP contribution in [0.3, 0.4) is 0 Å². The number of benzene rings is 2. The summed E-state index contributed by atoms with van der Waals surface area (Å²) < 4.78 is 5.26. The highest BCUT2D eigenvalue weighted by Gasteiger charge is 2.22. The molecular formula is C24H20N4O2. The molecule has 0 aliphatic carbocycles. The minimum Gasteiger partial charge on any atom is -0.459 e. The van der Waals surface area contributed by atoms with Crippen LogP contribution in [0.25, 0.3) is 22.2 Å². The third-order valence-corrected chi connectivity index (χ3v) is 5.16. The van der Waals surface area contributed by atoms with Crippen LogP contribution in [0, 0.1) is 0 Å². The molecule has 3 N–H and O–H groups in total. The largest absolute Gasteiger partial charge is 0.459 e. The van der Waals surface area contributed by atoms with E-state index in [4.69, 9.17) is 4.42 Å². The molecule has 0 unspecified atom stereocenters. The predicted octanol–water partition coefficient (Wildman–Crippen LogP) is 4.86. The Hall–Kier alpha value is -4.06. The lowest BCUT2D eigenvalue weighted by Crippen LogP contribution is -2.30. The van der Waals surface area contributed by atoms with Crippen LogP contribution in [0.4, 0.5) is 0 Å². The number of nitrogens with one attached hydrogen (secondary N) is 3. The topological polar surface area (TPSA) is 86.7 Å². The zero-order chi connectivity index (χ0) is 20.3. The molecule has 148 valence electrons. The smallest absolute Gasteiger partial charge is 0.287 e. The molecule has 5 aromatic rings. The first-order valence-electron chi connectivity index (χ1n) is 9.77. The van der Waals surface area contributed by atoms with Crippen LogP contribution in [-0.2, 0) is 6.42 Å². The summed E-state index contributed by atoms with van der Waals surface area (Å²) in [5, 5.41) is 4.19. The zero-order valence-electron chi connectivity index (χ0n) is 16.1. The Bertz CT molecular complexity index is 1270. The van der Waals surface area contributed by atoms with Crippen LogP contribution < -0.4 is 5.32 Å². The first-order valence-corrected chi connectivity index (χ1v) is 9.77. The molecule has 6 nitrogen and oxygen atoms in total. The Morgan fingerprint density at radius 2 is 1.87 bits per heavy atom. The Kier molecular flexibility index (Phi) is 4.65. The Morgan fingerprint density at radius 1 is 1.03 bits per heavy atom. The second kappa shape index (κ2) is 7.75. The summed E-state index contributed by atoms with van der Waals surface area (Å²) in [6.07, 6.45) is 5.85.